The van der Waals surface area contributed by atoms with Gasteiger partial charge in [-0.2, -0.15) is 4.31 Å². The molecule has 1 aliphatic carbocycles. The van der Waals surface area contributed by atoms with Crippen LogP contribution < -0.4 is 0 Å². The molecule has 1 aromatic rings. The Morgan fingerprint density at radius 3 is 2.46 bits per heavy atom. The van der Waals surface area contributed by atoms with Crippen LogP contribution in [-0.4, -0.2) is 61.9 Å². The first-order chi connectivity index (χ1) is 12.6. The van der Waals surface area contributed by atoms with Crippen molar-refractivity contribution in [2.45, 2.75) is 49.1 Å². The molecule has 0 radical (unpaired) electrons. The third kappa shape index (κ3) is 3.17. The zero-order valence-electron chi connectivity index (χ0n) is 14.9. The van der Waals surface area contributed by atoms with Crippen LogP contribution in [-0.2, 0) is 19.6 Å². The summed E-state index contributed by atoms with van der Waals surface area (Å²) in [7, 11) is -3.69. The molecular formula is C19H26N2O4S. The summed E-state index contributed by atoms with van der Waals surface area (Å²) in [5, 5.41) is 0. The molecule has 1 amide bonds. The zero-order chi connectivity index (χ0) is 18.1. The van der Waals surface area contributed by atoms with Gasteiger partial charge in [0.2, 0.25) is 15.9 Å². The summed E-state index contributed by atoms with van der Waals surface area (Å²) in [6.07, 6.45) is 4.66. The van der Waals surface area contributed by atoms with Crippen molar-refractivity contribution in [1.29, 1.82) is 0 Å². The molecule has 3 aliphatic rings. The number of fused-ring (bicyclic) bond motifs is 1. The summed E-state index contributed by atoms with van der Waals surface area (Å²) < 4.78 is 33.7. The number of benzene rings is 1. The van der Waals surface area contributed by atoms with Gasteiger partial charge in [-0.25, -0.2) is 8.42 Å². The summed E-state index contributed by atoms with van der Waals surface area (Å²) in [5.74, 6) is 0.236. The SMILES string of the molecule is O=C([C@@H]1C[C@H]2CCCC[C@@H]2N1S(=O)(=O)c1ccccc1)N1CCOCC1. The molecule has 1 saturated carbocycles. The normalized spacial score (nSPS) is 30.2. The second kappa shape index (κ2) is 7.29. The van der Waals surface area contributed by atoms with E-state index < -0.39 is 16.1 Å². The molecule has 0 aromatic heterocycles. The van der Waals surface area contributed by atoms with Crippen molar-refractivity contribution in [2.24, 2.45) is 5.92 Å². The average Bonchev–Trinajstić information content (AvgIpc) is 3.09. The monoisotopic (exact) mass is 378 g/mol. The van der Waals surface area contributed by atoms with Gasteiger partial charge in [0, 0.05) is 19.1 Å². The van der Waals surface area contributed by atoms with Crippen LogP contribution >= 0.6 is 0 Å². The second-order valence-corrected chi connectivity index (χ2v) is 9.29. The standard InChI is InChI=1S/C19H26N2O4S/c22-19(20-10-12-25-13-11-20)18-14-15-6-4-5-9-17(15)21(18)26(23,24)16-7-2-1-3-8-16/h1-3,7-8,15,17-18H,4-6,9-14H2/t15-,17+,18+/m1/s1. The quantitative estimate of drug-likeness (QED) is 0.805. The Bertz CT molecular complexity index is 746. The van der Waals surface area contributed by atoms with Gasteiger partial charge in [0.05, 0.1) is 18.1 Å². The number of rotatable bonds is 3. The highest BCUT2D eigenvalue weighted by molar-refractivity contribution is 7.89. The van der Waals surface area contributed by atoms with Gasteiger partial charge in [-0.05, 0) is 37.3 Å². The molecular weight excluding hydrogens is 352 g/mol. The summed E-state index contributed by atoms with van der Waals surface area (Å²) in [6.45, 7) is 2.14. The first-order valence-electron chi connectivity index (χ1n) is 9.54. The second-order valence-electron chi connectivity index (χ2n) is 7.45. The molecule has 3 atom stereocenters. The lowest BCUT2D eigenvalue weighted by molar-refractivity contribution is -0.139. The van der Waals surface area contributed by atoms with Crippen molar-refractivity contribution in [1.82, 2.24) is 9.21 Å². The molecule has 4 rings (SSSR count). The van der Waals surface area contributed by atoms with Crippen LogP contribution in [0.15, 0.2) is 35.2 Å². The van der Waals surface area contributed by atoms with Gasteiger partial charge in [0.1, 0.15) is 6.04 Å². The highest BCUT2D eigenvalue weighted by atomic mass is 32.2. The molecule has 2 saturated heterocycles. The Morgan fingerprint density at radius 1 is 1.04 bits per heavy atom. The molecule has 0 spiro atoms. The van der Waals surface area contributed by atoms with Gasteiger partial charge in [-0.1, -0.05) is 31.0 Å². The van der Waals surface area contributed by atoms with E-state index in [0.29, 0.717) is 32.7 Å². The number of sulfonamides is 1. The maximum absolute atomic E-state index is 13.4. The maximum atomic E-state index is 13.4. The van der Waals surface area contributed by atoms with E-state index in [0.717, 1.165) is 25.7 Å². The summed E-state index contributed by atoms with van der Waals surface area (Å²) in [6, 6.07) is 7.90. The zero-order valence-corrected chi connectivity index (χ0v) is 15.7. The van der Waals surface area contributed by atoms with E-state index in [1.54, 1.807) is 33.5 Å². The van der Waals surface area contributed by atoms with Crippen molar-refractivity contribution in [2.75, 3.05) is 26.3 Å². The fourth-order valence-electron chi connectivity index (χ4n) is 4.68. The van der Waals surface area contributed by atoms with E-state index in [2.05, 4.69) is 0 Å². The molecule has 2 heterocycles. The fourth-order valence-corrected chi connectivity index (χ4v) is 6.57. The van der Waals surface area contributed by atoms with Gasteiger partial charge in [0.15, 0.2) is 0 Å². The van der Waals surface area contributed by atoms with Gasteiger partial charge < -0.3 is 9.64 Å². The Kier molecular flexibility index (Phi) is 5.03. The first-order valence-corrected chi connectivity index (χ1v) is 11.0. The van der Waals surface area contributed by atoms with Gasteiger partial charge >= 0.3 is 0 Å². The van der Waals surface area contributed by atoms with E-state index >= 15 is 0 Å². The van der Waals surface area contributed by atoms with Crippen molar-refractivity contribution in [3.63, 3.8) is 0 Å². The Morgan fingerprint density at radius 2 is 1.73 bits per heavy atom. The molecule has 2 aliphatic heterocycles. The molecule has 142 valence electrons. The van der Waals surface area contributed by atoms with Crippen LogP contribution in [0.4, 0.5) is 0 Å². The highest BCUT2D eigenvalue weighted by Gasteiger charge is 2.51. The predicted molar refractivity (Wildman–Crippen MR) is 97.0 cm³/mol. The summed E-state index contributed by atoms with van der Waals surface area (Å²) >= 11 is 0. The molecule has 7 heteroatoms. The van der Waals surface area contributed by atoms with Crippen LogP contribution in [0.25, 0.3) is 0 Å². The number of morpholine rings is 1. The third-order valence-electron chi connectivity index (χ3n) is 5.96. The van der Waals surface area contributed by atoms with E-state index in [-0.39, 0.29) is 22.8 Å². The predicted octanol–water partition coefficient (Wildman–Crippen LogP) is 1.87. The van der Waals surface area contributed by atoms with Crippen LogP contribution in [0.1, 0.15) is 32.1 Å². The van der Waals surface area contributed by atoms with E-state index in [4.69, 9.17) is 4.74 Å². The number of amides is 1. The van der Waals surface area contributed by atoms with E-state index in [1.807, 2.05) is 6.07 Å². The topological polar surface area (TPSA) is 66.9 Å². The van der Waals surface area contributed by atoms with Crippen LogP contribution in [0.2, 0.25) is 0 Å². The lowest BCUT2D eigenvalue weighted by Crippen LogP contribution is -2.52. The van der Waals surface area contributed by atoms with E-state index in [9.17, 15) is 13.2 Å². The molecule has 1 aromatic carbocycles. The smallest absolute Gasteiger partial charge is 0.244 e. The molecule has 0 bridgehead atoms. The number of hydrogen-bond donors (Lipinski definition) is 0. The maximum Gasteiger partial charge on any atom is 0.244 e. The Hall–Kier alpha value is -1.44. The minimum absolute atomic E-state index is 0.0519. The molecule has 6 nitrogen and oxygen atoms in total. The van der Waals surface area contributed by atoms with Crippen LogP contribution in [0.3, 0.4) is 0 Å². The number of hydrogen-bond acceptors (Lipinski definition) is 4. The molecule has 26 heavy (non-hydrogen) atoms. The van der Waals surface area contributed by atoms with Crippen molar-refractivity contribution < 1.29 is 17.9 Å². The number of ether oxygens (including phenoxy) is 1. The first kappa shape index (κ1) is 17.9. The minimum Gasteiger partial charge on any atom is -0.378 e. The van der Waals surface area contributed by atoms with Crippen LogP contribution in [0, 0.1) is 5.92 Å². The van der Waals surface area contributed by atoms with Gasteiger partial charge in [-0.3, -0.25) is 4.79 Å². The van der Waals surface area contributed by atoms with Crippen molar-refractivity contribution in [3.8, 4) is 0 Å². The highest BCUT2D eigenvalue weighted by Crippen LogP contribution is 2.43. The fraction of sp³-hybridized carbons (Fsp3) is 0.632. The summed E-state index contributed by atoms with van der Waals surface area (Å²) in [5.41, 5.74) is 0. The van der Waals surface area contributed by atoms with E-state index in [1.165, 1.54) is 0 Å². The van der Waals surface area contributed by atoms with Crippen molar-refractivity contribution in [3.05, 3.63) is 30.3 Å². The lowest BCUT2D eigenvalue weighted by atomic mass is 9.85. The Balaban J connectivity index is 1.68. The number of carbonyl (C=O) groups is 1. The van der Waals surface area contributed by atoms with Gasteiger partial charge in [0.25, 0.3) is 0 Å². The van der Waals surface area contributed by atoms with Crippen molar-refractivity contribution >= 4 is 15.9 Å². The average molecular weight is 378 g/mol. The Labute approximate surface area is 155 Å². The minimum atomic E-state index is -3.69. The lowest BCUT2D eigenvalue weighted by Gasteiger charge is -2.35. The number of nitrogens with zero attached hydrogens (tertiary/aromatic N) is 2. The largest absolute Gasteiger partial charge is 0.378 e. The molecule has 0 unspecified atom stereocenters. The van der Waals surface area contributed by atoms with Gasteiger partial charge in [-0.15, -0.1) is 0 Å². The summed E-state index contributed by atoms with van der Waals surface area (Å²) in [4.78, 5) is 15.3. The number of carbonyl (C=O) groups excluding carboxylic acids is 1. The third-order valence-corrected chi connectivity index (χ3v) is 7.90. The molecule has 3 fully saturated rings. The molecule has 0 N–H and O–H groups in total. The van der Waals surface area contributed by atoms with Crippen LogP contribution in [0.5, 0.6) is 0 Å².